The summed E-state index contributed by atoms with van der Waals surface area (Å²) < 4.78 is 10.4. The Morgan fingerprint density at radius 3 is 2.53 bits per heavy atom. The Morgan fingerprint density at radius 1 is 1.24 bits per heavy atom. The van der Waals surface area contributed by atoms with Crippen molar-refractivity contribution >= 4 is 0 Å². The van der Waals surface area contributed by atoms with Gasteiger partial charge in [-0.3, -0.25) is 5.32 Å². The molecule has 0 spiro atoms. The van der Waals surface area contributed by atoms with E-state index < -0.39 is 5.54 Å². The molecule has 0 aromatic carbocycles. The van der Waals surface area contributed by atoms with E-state index in [1.165, 1.54) is 0 Å². The zero-order valence-corrected chi connectivity index (χ0v) is 11.4. The van der Waals surface area contributed by atoms with Crippen LogP contribution >= 0.6 is 0 Å². The molecule has 0 aromatic heterocycles. The minimum absolute atomic E-state index is 0.411. The molecule has 0 saturated heterocycles. The molecule has 1 unspecified atom stereocenters. The number of nitrogens with zero attached hydrogens (tertiary/aromatic N) is 1. The topological polar surface area (TPSA) is 54.3 Å². The first-order valence-electron chi connectivity index (χ1n) is 6.41. The van der Waals surface area contributed by atoms with Crippen LogP contribution in [0.2, 0.25) is 0 Å². The molecule has 1 atom stereocenters. The maximum atomic E-state index is 9.11. The molecule has 0 aliphatic carbocycles. The van der Waals surface area contributed by atoms with Gasteiger partial charge in [-0.15, -0.1) is 0 Å². The van der Waals surface area contributed by atoms with Crippen LogP contribution in [0.1, 0.15) is 39.5 Å². The lowest BCUT2D eigenvalue weighted by molar-refractivity contribution is 0.0979. The number of ether oxygens (including phenoxy) is 2. The molecule has 4 nitrogen and oxygen atoms in total. The fourth-order valence-electron chi connectivity index (χ4n) is 1.52. The quantitative estimate of drug-likeness (QED) is 0.564. The summed E-state index contributed by atoms with van der Waals surface area (Å²) >= 11 is 0. The molecule has 0 aromatic rings. The third kappa shape index (κ3) is 9.11. The highest BCUT2D eigenvalue weighted by atomic mass is 16.5. The van der Waals surface area contributed by atoms with Crippen LogP contribution in [-0.4, -0.2) is 39.0 Å². The van der Waals surface area contributed by atoms with Gasteiger partial charge >= 0.3 is 0 Å². The molecule has 0 radical (unpaired) electrons. The Hall–Kier alpha value is -0.630. The third-order valence-corrected chi connectivity index (χ3v) is 2.61. The molecule has 0 bridgehead atoms. The summed E-state index contributed by atoms with van der Waals surface area (Å²) in [6.07, 6.45) is 3.71. The Bertz CT molecular complexity index is 216. The molecule has 4 heteroatoms. The highest BCUT2D eigenvalue weighted by molar-refractivity contribution is 5.03. The van der Waals surface area contributed by atoms with Crippen molar-refractivity contribution in [3.8, 4) is 6.07 Å². The van der Waals surface area contributed by atoms with Crippen LogP contribution in [0.5, 0.6) is 0 Å². The van der Waals surface area contributed by atoms with Gasteiger partial charge < -0.3 is 9.47 Å². The average Bonchev–Trinajstić information content (AvgIpc) is 2.35. The summed E-state index contributed by atoms with van der Waals surface area (Å²) in [5, 5.41) is 12.4. The summed E-state index contributed by atoms with van der Waals surface area (Å²) in [5.74, 6) is 0. The number of hydrogen-bond acceptors (Lipinski definition) is 4. The van der Waals surface area contributed by atoms with Crippen molar-refractivity contribution in [2.75, 3.05) is 33.5 Å². The minimum atomic E-state index is -0.411. The fourth-order valence-corrected chi connectivity index (χ4v) is 1.52. The first-order chi connectivity index (χ1) is 8.18. The zero-order chi connectivity index (χ0) is 13.0. The Balaban J connectivity index is 3.53. The van der Waals surface area contributed by atoms with Gasteiger partial charge in [0.05, 0.1) is 6.07 Å². The van der Waals surface area contributed by atoms with E-state index in [9.17, 15) is 0 Å². The summed E-state index contributed by atoms with van der Waals surface area (Å²) in [5.41, 5.74) is -0.411. The van der Waals surface area contributed by atoms with Gasteiger partial charge in [-0.2, -0.15) is 5.26 Å². The predicted octanol–water partition coefficient (Wildman–Crippen LogP) is 2.10. The number of nitrogens with one attached hydrogen (secondary N) is 1. The largest absolute Gasteiger partial charge is 0.385 e. The van der Waals surface area contributed by atoms with Crippen molar-refractivity contribution < 1.29 is 9.47 Å². The first kappa shape index (κ1) is 16.4. The van der Waals surface area contributed by atoms with E-state index in [2.05, 4.69) is 18.3 Å². The van der Waals surface area contributed by atoms with Crippen LogP contribution in [0.15, 0.2) is 0 Å². The van der Waals surface area contributed by atoms with Gasteiger partial charge in [0, 0.05) is 26.9 Å². The van der Waals surface area contributed by atoms with E-state index in [1.807, 2.05) is 6.92 Å². The van der Waals surface area contributed by atoms with Crippen molar-refractivity contribution in [2.45, 2.75) is 45.1 Å². The van der Waals surface area contributed by atoms with Crippen molar-refractivity contribution in [3.63, 3.8) is 0 Å². The normalized spacial score (nSPS) is 14.2. The first-order valence-corrected chi connectivity index (χ1v) is 6.41. The third-order valence-electron chi connectivity index (χ3n) is 2.61. The molecule has 0 rings (SSSR count). The summed E-state index contributed by atoms with van der Waals surface area (Å²) in [4.78, 5) is 0. The fraction of sp³-hybridized carbons (Fsp3) is 0.923. The highest BCUT2D eigenvalue weighted by Gasteiger charge is 2.21. The molecule has 0 heterocycles. The maximum absolute atomic E-state index is 9.11. The second kappa shape index (κ2) is 10.5. The van der Waals surface area contributed by atoms with E-state index in [0.29, 0.717) is 0 Å². The second-order valence-corrected chi connectivity index (χ2v) is 4.43. The molecule has 0 aliphatic rings. The zero-order valence-electron chi connectivity index (χ0n) is 11.4. The van der Waals surface area contributed by atoms with Gasteiger partial charge in [-0.05, 0) is 39.2 Å². The number of methoxy groups -OCH3 is 1. The molecule has 100 valence electrons. The Kier molecular flexibility index (Phi) is 10.1. The van der Waals surface area contributed by atoms with Crippen molar-refractivity contribution in [3.05, 3.63) is 0 Å². The van der Waals surface area contributed by atoms with Gasteiger partial charge in [0.2, 0.25) is 0 Å². The number of hydrogen-bond donors (Lipinski definition) is 1. The highest BCUT2D eigenvalue weighted by Crippen LogP contribution is 2.11. The van der Waals surface area contributed by atoms with Crippen LogP contribution in [0, 0.1) is 11.3 Å². The number of nitriles is 1. The maximum Gasteiger partial charge on any atom is 0.104 e. The van der Waals surface area contributed by atoms with Crippen LogP contribution in [0.3, 0.4) is 0 Å². The van der Waals surface area contributed by atoms with Crippen LogP contribution in [0.4, 0.5) is 0 Å². The van der Waals surface area contributed by atoms with Crippen LogP contribution in [0.25, 0.3) is 0 Å². The molecule has 0 aliphatic heterocycles. The van der Waals surface area contributed by atoms with Crippen molar-refractivity contribution in [1.29, 1.82) is 5.26 Å². The minimum Gasteiger partial charge on any atom is -0.385 e. The van der Waals surface area contributed by atoms with Gasteiger partial charge in [-0.25, -0.2) is 0 Å². The molecule has 0 saturated carbocycles. The van der Waals surface area contributed by atoms with Gasteiger partial charge in [-0.1, -0.05) is 6.92 Å². The molecule has 0 fully saturated rings. The molecule has 0 amide bonds. The van der Waals surface area contributed by atoms with E-state index in [1.54, 1.807) is 7.11 Å². The molecule has 17 heavy (non-hydrogen) atoms. The Labute approximate surface area is 105 Å². The summed E-state index contributed by atoms with van der Waals surface area (Å²) in [6.45, 7) is 7.14. The monoisotopic (exact) mass is 242 g/mol. The second-order valence-electron chi connectivity index (χ2n) is 4.43. The molecular formula is C13H26N2O2. The lowest BCUT2D eigenvalue weighted by atomic mass is 9.98. The standard InChI is InChI=1S/C13H26N2O2/c1-4-8-15-13(2,12-14)7-5-10-17-11-6-9-16-3/h15H,4-11H2,1-3H3. The SMILES string of the molecule is CCCNC(C)(C#N)CCCOCCCOC. The van der Waals surface area contributed by atoms with Gasteiger partial charge in [0.1, 0.15) is 5.54 Å². The van der Waals surface area contributed by atoms with E-state index in [0.717, 1.165) is 52.0 Å². The lowest BCUT2D eigenvalue weighted by Gasteiger charge is -2.22. The van der Waals surface area contributed by atoms with Crippen LogP contribution in [-0.2, 0) is 9.47 Å². The number of rotatable bonds is 11. The summed E-state index contributed by atoms with van der Waals surface area (Å²) in [7, 11) is 1.69. The van der Waals surface area contributed by atoms with Gasteiger partial charge in [0.25, 0.3) is 0 Å². The Morgan fingerprint density at radius 2 is 1.94 bits per heavy atom. The molecular weight excluding hydrogens is 216 g/mol. The smallest absolute Gasteiger partial charge is 0.104 e. The van der Waals surface area contributed by atoms with Gasteiger partial charge in [0.15, 0.2) is 0 Å². The van der Waals surface area contributed by atoms with E-state index >= 15 is 0 Å². The summed E-state index contributed by atoms with van der Waals surface area (Å²) in [6, 6.07) is 2.34. The van der Waals surface area contributed by atoms with Crippen LogP contribution < -0.4 is 5.32 Å². The molecule has 1 N–H and O–H groups in total. The van der Waals surface area contributed by atoms with Crippen molar-refractivity contribution in [2.24, 2.45) is 0 Å². The lowest BCUT2D eigenvalue weighted by Crippen LogP contribution is -2.41. The average molecular weight is 242 g/mol. The van der Waals surface area contributed by atoms with Crippen molar-refractivity contribution in [1.82, 2.24) is 5.32 Å². The predicted molar refractivity (Wildman–Crippen MR) is 68.9 cm³/mol. The van der Waals surface area contributed by atoms with E-state index in [4.69, 9.17) is 14.7 Å². The van der Waals surface area contributed by atoms with E-state index in [-0.39, 0.29) is 0 Å².